The fourth-order valence-electron chi connectivity index (χ4n) is 2.27. The predicted molar refractivity (Wildman–Crippen MR) is 93.9 cm³/mol. The molecule has 3 nitrogen and oxygen atoms in total. The molecule has 5 heteroatoms. The largest absolute Gasteiger partial charge is 0.338 e. The van der Waals surface area contributed by atoms with Crippen molar-refractivity contribution in [3.05, 3.63) is 33.3 Å². The molecule has 114 valence electrons. The van der Waals surface area contributed by atoms with Crippen molar-refractivity contribution >= 4 is 40.0 Å². The van der Waals surface area contributed by atoms with Crippen LogP contribution in [0.2, 0.25) is 0 Å². The van der Waals surface area contributed by atoms with Gasteiger partial charge in [0.2, 0.25) is 5.91 Å². The summed E-state index contributed by atoms with van der Waals surface area (Å²) >= 11 is 5.10. The van der Waals surface area contributed by atoms with Crippen molar-refractivity contribution < 1.29 is 4.79 Å². The van der Waals surface area contributed by atoms with Gasteiger partial charge < -0.3 is 4.90 Å². The summed E-state index contributed by atoms with van der Waals surface area (Å²) in [7, 11) is 0. The molecule has 0 saturated heterocycles. The summed E-state index contributed by atoms with van der Waals surface area (Å²) in [6.07, 6.45) is 2.40. The van der Waals surface area contributed by atoms with Crippen molar-refractivity contribution in [1.82, 2.24) is 4.90 Å². The number of amides is 1. The first-order chi connectivity index (χ1) is 9.80. The molecule has 0 saturated carbocycles. The Morgan fingerprint density at radius 2 is 2.14 bits per heavy atom. The number of halogens is 1. The number of carbonyl (C=O) groups excluding carboxylic acids is 1. The molecule has 1 aliphatic rings. The lowest BCUT2D eigenvalue weighted by atomic mass is 9.95. The van der Waals surface area contributed by atoms with Gasteiger partial charge in [-0.05, 0) is 68.5 Å². The lowest BCUT2D eigenvalue weighted by Crippen LogP contribution is -2.36. The van der Waals surface area contributed by atoms with Crippen molar-refractivity contribution in [2.75, 3.05) is 6.54 Å². The van der Waals surface area contributed by atoms with E-state index in [9.17, 15) is 4.79 Å². The number of rotatable bonds is 3. The number of likely N-dealkylation sites (N-methyl/N-ethyl adjacent to an activating group) is 1. The maximum Gasteiger partial charge on any atom is 0.227 e. The van der Waals surface area contributed by atoms with E-state index in [1.165, 1.54) is 5.56 Å². The Balaban J connectivity index is 2.32. The minimum absolute atomic E-state index is 0.105. The molecule has 1 heterocycles. The van der Waals surface area contributed by atoms with Crippen LogP contribution < -0.4 is 0 Å². The van der Waals surface area contributed by atoms with E-state index < -0.39 is 0 Å². The number of carbonyl (C=O) groups is 1. The smallest absolute Gasteiger partial charge is 0.227 e. The van der Waals surface area contributed by atoms with Crippen LogP contribution in [0.25, 0.3) is 0 Å². The van der Waals surface area contributed by atoms with Crippen LogP contribution in [0.1, 0.15) is 44.4 Å². The van der Waals surface area contributed by atoms with Gasteiger partial charge in [-0.2, -0.15) is 0 Å². The molecule has 2 rings (SSSR count). The average Bonchev–Trinajstić information content (AvgIpc) is 2.36. The van der Waals surface area contributed by atoms with Crippen molar-refractivity contribution in [2.24, 2.45) is 4.40 Å². The highest BCUT2D eigenvalue weighted by molar-refractivity contribution is 9.10. The van der Waals surface area contributed by atoms with E-state index in [1.54, 1.807) is 11.9 Å². The van der Waals surface area contributed by atoms with E-state index in [1.807, 2.05) is 18.0 Å². The number of benzene rings is 1. The number of nitrogens with zero attached hydrogens (tertiary/aromatic N) is 2. The molecule has 21 heavy (non-hydrogen) atoms. The second-order valence-electron chi connectivity index (χ2n) is 6.16. The van der Waals surface area contributed by atoms with Gasteiger partial charge in [0, 0.05) is 28.5 Å². The van der Waals surface area contributed by atoms with Gasteiger partial charge in [0.25, 0.3) is 0 Å². The van der Waals surface area contributed by atoms with Crippen LogP contribution >= 0.6 is 27.9 Å². The zero-order valence-corrected chi connectivity index (χ0v) is 15.3. The van der Waals surface area contributed by atoms with Gasteiger partial charge in [-0.1, -0.05) is 15.9 Å². The Morgan fingerprint density at radius 1 is 1.43 bits per heavy atom. The Hall–Kier alpha value is -0.810. The molecule has 0 aliphatic carbocycles. The quantitative estimate of drug-likeness (QED) is 0.590. The van der Waals surface area contributed by atoms with E-state index in [2.05, 4.69) is 53.2 Å². The molecule has 0 N–H and O–H groups in total. The highest BCUT2D eigenvalue weighted by Crippen LogP contribution is 2.28. The fraction of sp³-hybridized carbons (Fsp3) is 0.500. The van der Waals surface area contributed by atoms with Crippen LogP contribution in [0.5, 0.6) is 0 Å². The van der Waals surface area contributed by atoms with Crippen LogP contribution in [0.4, 0.5) is 0 Å². The van der Waals surface area contributed by atoms with Crippen LogP contribution in [0.15, 0.2) is 21.0 Å². The second-order valence-corrected chi connectivity index (χ2v) is 8.69. The van der Waals surface area contributed by atoms with Crippen molar-refractivity contribution in [2.45, 2.75) is 45.4 Å². The SMILES string of the molecule is CCN1Cc2c(C=NSC(C)(C)C)cc(Br)cc2CC1=O. The molecular formula is C16H21BrN2OS. The summed E-state index contributed by atoms with van der Waals surface area (Å²) in [5, 5.41) is 0. The number of hydrogen-bond donors (Lipinski definition) is 0. The summed E-state index contributed by atoms with van der Waals surface area (Å²) in [4.78, 5) is 13.9. The minimum Gasteiger partial charge on any atom is -0.338 e. The van der Waals surface area contributed by atoms with Crippen molar-refractivity contribution in [3.8, 4) is 0 Å². The molecule has 1 amide bonds. The van der Waals surface area contributed by atoms with E-state index >= 15 is 0 Å². The van der Waals surface area contributed by atoms with Crippen LogP contribution in [-0.2, 0) is 17.8 Å². The molecule has 1 aliphatic heterocycles. The second kappa shape index (κ2) is 6.53. The zero-order valence-electron chi connectivity index (χ0n) is 12.9. The summed E-state index contributed by atoms with van der Waals surface area (Å²) in [6.45, 7) is 9.88. The van der Waals surface area contributed by atoms with Crippen LogP contribution in [0.3, 0.4) is 0 Å². The highest BCUT2D eigenvalue weighted by Gasteiger charge is 2.24. The Kier molecular flexibility index (Phi) is 5.15. The van der Waals surface area contributed by atoms with Gasteiger partial charge >= 0.3 is 0 Å². The summed E-state index contributed by atoms with van der Waals surface area (Å²) in [5.74, 6) is 0.204. The first kappa shape index (κ1) is 16.6. The van der Waals surface area contributed by atoms with Crippen LogP contribution in [0, 0.1) is 0 Å². The topological polar surface area (TPSA) is 32.7 Å². The van der Waals surface area contributed by atoms with Crippen molar-refractivity contribution in [1.29, 1.82) is 0 Å². The summed E-state index contributed by atoms with van der Waals surface area (Å²) in [6, 6.07) is 4.13. The van der Waals surface area contributed by atoms with Gasteiger partial charge in [-0.3, -0.25) is 4.79 Å². The third-order valence-corrected chi connectivity index (χ3v) is 4.50. The molecule has 0 aromatic heterocycles. The lowest BCUT2D eigenvalue weighted by Gasteiger charge is -2.29. The predicted octanol–water partition coefficient (Wildman–Crippen LogP) is 4.22. The molecule has 0 atom stereocenters. The number of hydrogen-bond acceptors (Lipinski definition) is 3. The third kappa shape index (κ3) is 4.33. The molecule has 0 radical (unpaired) electrons. The maximum atomic E-state index is 12.0. The fourth-order valence-corrected chi connectivity index (χ4v) is 3.27. The van der Waals surface area contributed by atoms with Crippen molar-refractivity contribution in [3.63, 3.8) is 0 Å². The molecule has 1 aromatic carbocycles. The Morgan fingerprint density at radius 3 is 2.76 bits per heavy atom. The van der Waals surface area contributed by atoms with E-state index in [0.717, 1.165) is 22.1 Å². The standard InChI is InChI=1S/C16H21BrN2OS/c1-5-19-10-14-11(8-15(19)20)6-13(17)7-12(14)9-18-21-16(2,3)4/h6-7,9H,5,8,10H2,1-4H3. The van der Waals surface area contributed by atoms with Gasteiger partial charge in [-0.25, -0.2) is 4.40 Å². The van der Waals surface area contributed by atoms with Gasteiger partial charge in [0.15, 0.2) is 0 Å². The van der Waals surface area contributed by atoms with E-state index in [4.69, 9.17) is 0 Å². The zero-order chi connectivity index (χ0) is 15.6. The highest BCUT2D eigenvalue weighted by atomic mass is 79.9. The molecule has 0 spiro atoms. The van der Waals surface area contributed by atoms with Gasteiger partial charge in [-0.15, -0.1) is 0 Å². The van der Waals surface area contributed by atoms with Gasteiger partial charge in [0.05, 0.1) is 6.42 Å². The number of fused-ring (bicyclic) bond motifs is 1. The van der Waals surface area contributed by atoms with E-state index in [-0.39, 0.29) is 10.7 Å². The van der Waals surface area contributed by atoms with E-state index in [0.29, 0.717) is 13.0 Å². The van der Waals surface area contributed by atoms with Crippen LogP contribution in [-0.4, -0.2) is 28.3 Å². The molecular weight excluding hydrogens is 348 g/mol. The summed E-state index contributed by atoms with van der Waals surface area (Å²) in [5.41, 5.74) is 3.43. The monoisotopic (exact) mass is 368 g/mol. The minimum atomic E-state index is 0.105. The first-order valence-electron chi connectivity index (χ1n) is 7.11. The molecule has 0 bridgehead atoms. The molecule has 0 unspecified atom stereocenters. The first-order valence-corrected chi connectivity index (χ1v) is 8.67. The normalized spacial score (nSPS) is 15.7. The molecule has 0 fully saturated rings. The maximum absolute atomic E-state index is 12.0. The van der Waals surface area contributed by atoms with Gasteiger partial charge in [0.1, 0.15) is 0 Å². The third-order valence-electron chi connectivity index (χ3n) is 3.29. The average molecular weight is 369 g/mol. The lowest BCUT2D eigenvalue weighted by molar-refractivity contribution is -0.131. The molecule has 1 aromatic rings. The summed E-state index contributed by atoms with van der Waals surface area (Å²) < 4.78 is 5.61. The Bertz CT molecular complexity index is 578. The Labute approximate surface area is 139 Å².